The first-order valence-electron chi connectivity index (χ1n) is 10.4. The Morgan fingerprint density at radius 3 is 2.53 bits per heavy atom. The molecule has 0 radical (unpaired) electrons. The Labute approximate surface area is 176 Å². The SMILES string of the molecule is CCCCON1C(=O)N2CC1CC[C@H]2C(=O)NNC(=O)[C@@H](C)NC(=O)OC(C)(C)C. The molecule has 2 fully saturated rings. The lowest BCUT2D eigenvalue weighted by Crippen LogP contribution is -2.57. The van der Waals surface area contributed by atoms with Gasteiger partial charge in [-0.05, 0) is 47.0 Å². The van der Waals surface area contributed by atoms with Crippen LogP contribution in [0.15, 0.2) is 0 Å². The van der Waals surface area contributed by atoms with Crippen LogP contribution in [0.2, 0.25) is 0 Å². The first-order valence-corrected chi connectivity index (χ1v) is 10.4. The molecule has 0 aromatic heterocycles. The number of ether oxygens (including phenoxy) is 1. The molecule has 2 heterocycles. The molecular weight excluding hydrogens is 394 g/mol. The highest BCUT2D eigenvalue weighted by Gasteiger charge is 2.47. The average molecular weight is 428 g/mol. The van der Waals surface area contributed by atoms with Crippen LogP contribution in [0.4, 0.5) is 9.59 Å². The van der Waals surface area contributed by atoms with Crippen LogP contribution < -0.4 is 16.2 Å². The average Bonchev–Trinajstić information content (AvgIpc) is 2.89. The molecular formula is C19H33N5O6. The van der Waals surface area contributed by atoms with Crippen LogP contribution in [0.25, 0.3) is 0 Å². The van der Waals surface area contributed by atoms with Crippen molar-refractivity contribution in [3.05, 3.63) is 0 Å². The van der Waals surface area contributed by atoms with Crippen LogP contribution >= 0.6 is 0 Å². The number of carbonyl (C=O) groups is 4. The van der Waals surface area contributed by atoms with Crippen molar-refractivity contribution in [1.82, 2.24) is 26.1 Å². The summed E-state index contributed by atoms with van der Waals surface area (Å²) in [6.45, 7) is 9.50. The van der Waals surface area contributed by atoms with Crippen molar-refractivity contribution in [3.8, 4) is 0 Å². The molecule has 2 bridgehead atoms. The molecule has 5 amide bonds. The molecule has 11 nitrogen and oxygen atoms in total. The topological polar surface area (TPSA) is 129 Å². The van der Waals surface area contributed by atoms with Crippen LogP contribution in [-0.4, -0.2) is 70.8 Å². The van der Waals surface area contributed by atoms with Gasteiger partial charge in [0.05, 0.1) is 12.6 Å². The van der Waals surface area contributed by atoms with Crippen molar-refractivity contribution in [2.24, 2.45) is 0 Å². The Hall–Kier alpha value is -2.56. The minimum Gasteiger partial charge on any atom is -0.444 e. The Kier molecular flexibility index (Phi) is 7.88. The van der Waals surface area contributed by atoms with E-state index in [9.17, 15) is 19.2 Å². The van der Waals surface area contributed by atoms with Crippen LogP contribution in [0, 0.1) is 0 Å². The fourth-order valence-electron chi connectivity index (χ4n) is 3.24. The number of amides is 5. The quantitative estimate of drug-likeness (QED) is 0.411. The van der Waals surface area contributed by atoms with E-state index < -0.39 is 35.6 Å². The van der Waals surface area contributed by atoms with E-state index in [4.69, 9.17) is 9.57 Å². The highest BCUT2D eigenvalue weighted by atomic mass is 16.7. The van der Waals surface area contributed by atoms with Crippen LogP contribution in [0.3, 0.4) is 0 Å². The third-order valence-corrected chi connectivity index (χ3v) is 4.79. The standard InChI is InChI=1S/C19H33N5O6/c1-6-7-10-29-24-13-8-9-14(23(11-13)18(24)28)16(26)22-21-15(25)12(2)20-17(27)30-19(3,4)5/h12-14H,6-11H2,1-5H3,(H,20,27)(H,21,25)(H,22,26)/t12-,13?,14+/m1/s1. The maximum atomic E-state index is 12.6. The fourth-order valence-corrected chi connectivity index (χ4v) is 3.24. The lowest BCUT2D eigenvalue weighted by Gasteiger charge is -2.29. The molecule has 30 heavy (non-hydrogen) atoms. The number of hydrogen-bond acceptors (Lipinski definition) is 6. The van der Waals surface area contributed by atoms with Gasteiger partial charge >= 0.3 is 12.1 Å². The number of piperidine rings is 1. The molecule has 11 heteroatoms. The summed E-state index contributed by atoms with van der Waals surface area (Å²) in [5.41, 5.74) is 3.93. The predicted octanol–water partition coefficient (Wildman–Crippen LogP) is 1.05. The second kappa shape index (κ2) is 9.96. The van der Waals surface area contributed by atoms with Crippen molar-refractivity contribution in [2.75, 3.05) is 13.2 Å². The number of carbonyl (C=O) groups excluding carboxylic acids is 4. The number of hydrazine groups is 1. The van der Waals surface area contributed by atoms with Gasteiger partial charge in [-0.1, -0.05) is 13.3 Å². The zero-order valence-electron chi connectivity index (χ0n) is 18.3. The Balaban J connectivity index is 1.81. The van der Waals surface area contributed by atoms with Crippen LogP contribution in [0.1, 0.15) is 60.3 Å². The Bertz CT molecular complexity index is 664. The zero-order chi connectivity index (χ0) is 22.5. The molecule has 1 unspecified atom stereocenters. The van der Waals surface area contributed by atoms with Gasteiger partial charge < -0.3 is 15.0 Å². The lowest BCUT2D eigenvalue weighted by molar-refractivity contribution is -0.133. The minimum atomic E-state index is -0.924. The predicted molar refractivity (Wildman–Crippen MR) is 107 cm³/mol. The zero-order valence-corrected chi connectivity index (χ0v) is 18.3. The number of hydroxylamine groups is 2. The van der Waals surface area contributed by atoms with Crippen LogP contribution in [0.5, 0.6) is 0 Å². The van der Waals surface area contributed by atoms with Gasteiger partial charge in [0, 0.05) is 6.54 Å². The van der Waals surface area contributed by atoms with E-state index in [1.165, 1.54) is 16.9 Å². The highest BCUT2D eigenvalue weighted by molar-refractivity contribution is 5.91. The molecule has 0 spiro atoms. The van der Waals surface area contributed by atoms with Crippen LogP contribution in [-0.2, 0) is 19.2 Å². The second-order valence-corrected chi connectivity index (χ2v) is 8.54. The van der Waals surface area contributed by atoms with Gasteiger partial charge in [0.15, 0.2) is 0 Å². The maximum absolute atomic E-state index is 12.6. The summed E-state index contributed by atoms with van der Waals surface area (Å²) in [7, 11) is 0. The summed E-state index contributed by atoms with van der Waals surface area (Å²) in [5.74, 6) is -1.10. The summed E-state index contributed by atoms with van der Waals surface area (Å²) in [6, 6.07) is -2.01. The Morgan fingerprint density at radius 2 is 1.90 bits per heavy atom. The lowest BCUT2D eigenvalue weighted by atomic mass is 10.0. The van der Waals surface area contributed by atoms with Crippen molar-refractivity contribution in [3.63, 3.8) is 0 Å². The van der Waals surface area contributed by atoms with Gasteiger partial charge in [-0.25, -0.2) is 9.59 Å². The van der Waals surface area contributed by atoms with Crippen molar-refractivity contribution >= 4 is 23.9 Å². The normalized spacial score (nSPS) is 21.8. The molecule has 3 atom stereocenters. The number of nitrogens with zero attached hydrogens (tertiary/aromatic N) is 2. The summed E-state index contributed by atoms with van der Waals surface area (Å²) < 4.78 is 5.09. The number of nitrogens with one attached hydrogen (secondary N) is 3. The molecule has 2 saturated heterocycles. The first-order chi connectivity index (χ1) is 14.0. The maximum Gasteiger partial charge on any atom is 0.408 e. The van der Waals surface area contributed by atoms with E-state index in [0.717, 1.165) is 12.8 Å². The summed E-state index contributed by atoms with van der Waals surface area (Å²) >= 11 is 0. The van der Waals surface area contributed by atoms with Gasteiger partial charge in [-0.3, -0.25) is 25.3 Å². The molecule has 0 saturated carbocycles. The van der Waals surface area contributed by atoms with Crippen molar-refractivity contribution in [1.29, 1.82) is 0 Å². The number of fused-ring (bicyclic) bond motifs is 2. The fraction of sp³-hybridized carbons (Fsp3) is 0.789. The van der Waals surface area contributed by atoms with Gasteiger partial charge in [0.2, 0.25) is 0 Å². The largest absolute Gasteiger partial charge is 0.444 e. The number of rotatable bonds is 7. The van der Waals surface area contributed by atoms with E-state index in [2.05, 4.69) is 16.2 Å². The van der Waals surface area contributed by atoms with E-state index in [-0.39, 0.29) is 12.1 Å². The minimum absolute atomic E-state index is 0.0638. The van der Waals surface area contributed by atoms with Gasteiger partial charge in [0.1, 0.15) is 17.7 Å². The molecule has 0 aromatic carbocycles. The van der Waals surface area contributed by atoms with Gasteiger partial charge in [-0.2, -0.15) is 5.06 Å². The highest BCUT2D eigenvalue weighted by Crippen LogP contribution is 2.30. The van der Waals surface area contributed by atoms with E-state index in [1.807, 2.05) is 6.92 Å². The monoisotopic (exact) mass is 427 g/mol. The molecule has 2 aliphatic heterocycles. The molecule has 2 rings (SSSR count). The summed E-state index contributed by atoms with van der Waals surface area (Å²) in [4.78, 5) is 56.1. The Morgan fingerprint density at radius 1 is 1.20 bits per heavy atom. The van der Waals surface area contributed by atoms with Crippen molar-refractivity contribution in [2.45, 2.75) is 84.0 Å². The summed E-state index contributed by atoms with van der Waals surface area (Å²) in [5, 5.41) is 3.76. The molecule has 2 aliphatic rings. The number of urea groups is 1. The first kappa shape index (κ1) is 23.7. The molecule has 3 N–H and O–H groups in total. The van der Waals surface area contributed by atoms with E-state index >= 15 is 0 Å². The number of alkyl carbamates (subject to hydrolysis) is 1. The third-order valence-electron chi connectivity index (χ3n) is 4.79. The van der Waals surface area contributed by atoms with E-state index in [0.29, 0.717) is 26.0 Å². The number of hydrogen-bond donors (Lipinski definition) is 3. The van der Waals surface area contributed by atoms with Gasteiger partial charge in [0.25, 0.3) is 11.8 Å². The van der Waals surface area contributed by atoms with Crippen molar-refractivity contribution < 1.29 is 28.8 Å². The summed E-state index contributed by atoms with van der Waals surface area (Å²) in [6.07, 6.45) is 2.18. The second-order valence-electron chi connectivity index (χ2n) is 8.54. The molecule has 0 aliphatic carbocycles. The number of unbranched alkanes of at least 4 members (excludes halogenated alkanes) is 1. The van der Waals surface area contributed by atoms with Gasteiger partial charge in [-0.15, -0.1) is 0 Å². The molecule has 0 aromatic rings. The van der Waals surface area contributed by atoms with E-state index in [1.54, 1.807) is 20.8 Å². The molecule has 170 valence electrons. The smallest absolute Gasteiger partial charge is 0.408 e. The third kappa shape index (κ3) is 6.22.